The standard InChI is InChI=1S/C19H19ClFN5O3S2/c1-25-6-5-15(23-25)11-7-18(30-10-11)16-9-17(26(2)31(28,29)24-16)19(27)22-12-3-4-14(21)13(20)8-12/h3-8,10,16-17,24H,9H2,1-2H3,(H,22,27)/t16-,17+/m0/s1. The number of thiophene rings is 1. The lowest BCUT2D eigenvalue weighted by Crippen LogP contribution is -2.55. The number of anilines is 1. The first-order valence-electron chi connectivity index (χ1n) is 9.23. The molecule has 2 N–H and O–H groups in total. The van der Waals surface area contributed by atoms with Gasteiger partial charge in [-0.25, -0.2) is 4.39 Å². The van der Waals surface area contributed by atoms with Gasteiger partial charge in [0.05, 0.1) is 16.8 Å². The van der Waals surface area contributed by atoms with Crippen molar-refractivity contribution >= 4 is 44.7 Å². The molecule has 2 aromatic heterocycles. The molecular formula is C19H19ClFN5O3S2. The van der Waals surface area contributed by atoms with Crippen LogP contribution < -0.4 is 10.0 Å². The molecule has 0 aliphatic carbocycles. The van der Waals surface area contributed by atoms with E-state index in [9.17, 15) is 17.6 Å². The fourth-order valence-electron chi connectivity index (χ4n) is 3.33. The normalized spacial score (nSPS) is 21.2. The van der Waals surface area contributed by atoms with Crippen LogP contribution in [0.1, 0.15) is 17.3 Å². The van der Waals surface area contributed by atoms with Gasteiger partial charge in [0.15, 0.2) is 0 Å². The van der Waals surface area contributed by atoms with Crippen LogP contribution in [0.4, 0.5) is 10.1 Å². The first-order chi connectivity index (χ1) is 14.6. The molecule has 1 amide bonds. The van der Waals surface area contributed by atoms with Crippen molar-refractivity contribution < 1.29 is 17.6 Å². The van der Waals surface area contributed by atoms with E-state index in [1.165, 1.54) is 30.5 Å². The number of rotatable bonds is 4. The molecule has 0 saturated carbocycles. The number of aryl methyl sites for hydroxylation is 1. The Morgan fingerprint density at radius 3 is 2.77 bits per heavy atom. The van der Waals surface area contributed by atoms with Gasteiger partial charge in [-0.05, 0) is 36.8 Å². The van der Waals surface area contributed by atoms with Gasteiger partial charge in [-0.1, -0.05) is 11.6 Å². The van der Waals surface area contributed by atoms with Crippen LogP contribution in [-0.2, 0) is 22.1 Å². The summed E-state index contributed by atoms with van der Waals surface area (Å²) in [5, 5.41) is 8.74. The molecule has 164 valence electrons. The van der Waals surface area contributed by atoms with E-state index in [1.807, 2.05) is 30.8 Å². The van der Waals surface area contributed by atoms with Crippen molar-refractivity contribution in [1.29, 1.82) is 0 Å². The molecule has 3 aromatic rings. The molecule has 1 fully saturated rings. The molecule has 4 rings (SSSR count). The molecule has 0 spiro atoms. The van der Waals surface area contributed by atoms with Crippen LogP contribution in [-0.4, -0.2) is 41.5 Å². The van der Waals surface area contributed by atoms with E-state index in [1.54, 1.807) is 4.68 Å². The van der Waals surface area contributed by atoms with E-state index in [2.05, 4.69) is 15.1 Å². The molecule has 1 aliphatic rings. The van der Waals surface area contributed by atoms with Crippen molar-refractivity contribution in [2.45, 2.75) is 18.5 Å². The van der Waals surface area contributed by atoms with E-state index in [0.717, 1.165) is 26.5 Å². The van der Waals surface area contributed by atoms with Crippen LogP contribution in [0.3, 0.4) is 0 Å². The SMILES string of the molecule is CN1[C@@H](C(=O)Nc2ccc(F)c(Cl)c2)C[C@@H](c2cc(-c3ccn(C)n3)cs2)NS1(=O)=O. The predicted octanol–water partition coefficient (Wildman–Crippen LogP) is 3.16. The summed E-state index contributed by atoms with van der Waals surface area (Å²) in [7, 11) is -0.728. The molecule has 0 unspecified atom stereocenters. The molecule has 2 atom stereocenters. The molecule has 31 heavy (non-hydrogen) atoms. The van der Waals surface area contributed by atoms with Crippen LogP contribution >= 0.6 is 22.9 Å². The number of aromatic nitrogens is 2. The Kier molecular flexibility index (Phi) is 5.88. The highest BCUT2D eigenvalue weighted by molar-refractivity contribution is 7.87. The van der Waals surface area contributed by atoms with Crippen molar-refractivity contribution in [2.75, 3.05) is 12.4 Å². The third-order valence-electron chi connectivity index (χ3n) is 5.03. The van der Waals surface area contributed by atoms with Crippen molar-refractivity contribution in [3.8, 4) is 11.3 Å². The number of hydrogen-bond acceptors (Lipinski definition) is 5. The third-order valence-corrected chi connectivity index (χ3v) is 7.96. The van der Waals surface area contributed by atoms with Gasteiger partial charge in [0, 0.05) is 41.8 Å². The van der Waals surface area contributed by atoms with Crippen molar-refractivity contribution in [3.05, 3.63) is 57.6 Å². The van der Waals surface area contributed by atoms with Gasteiger partial charge in [0.2, 0.25) is 5.91 Å². The zero-order valence-corrected chi connectivity index (χ0v) is 18.9. The minimum Gasteiger partial charge on any atom is -0.325 e. The molecule has 12 heteroatoms. The Morgan fingerprint density at radius 2 is 2.10 bits per heavy atom. The Morgan fingerprint density at radius 1 is 1.32 bits per heavy atom. The molecular weight excluding hydrogens is 465 g/mol. The number of carbonyl (C=O) groups excluding carboxylic acids is 1. The lowest BCUT2D eigenvalue weighted by molar-refractivity contribution is -0.120. The molecule has 8 nitrogen and oxygen atoms in total. The van der Waals surface area contributed by atoms with Crippen LogP contribution in [0.25, 0.3) is 11.3 Å². The number of likely N-dealkylation sites (N-methyl/N-ethyl adjacent to an activating group) is 1. The van der Waals surface area contributed by atoms with Gasteiger partial charge >= 0.3 is 0 Å². The van der Waals surface area contributed by atoms with Gasteiger partial charge in [-0.3, -0.25) is 9.48 Å². The summed E-state index contributed by atoms with van der Waals surface area (Å²) < 4.78 is 44.0. The van der Waals surface area contributed by atoms with E-state index >= 15 is 0 Å². The fraction of sp³-hybridized carbons (Fsp3) is 0.263. The minimum atomic E-state index is -3.89. The number of hydrogen-bond donors (Lipinski definition) is 2. The van der Waals surface area contributed by atoms with Gasteiger partial charge in [0.25, 0.3) is 10.2 Å². The second kappa shape index (κ2) is 8.32. The Bertz CT molecular complexity index is 1240. The molecule has 3 heterocycles. The maximum atomic E-state index is 13.4. The van der Waals surface area contributed by atoms with Crippen LogP contribution in [0.2, 0.25) is 5.02 Å². The van der Waals surface area contributed by atoms with Crippen LogP contribution in [0.5, 0.6) is 0 Å². The monoisotopic (exact) mass is 483 g/mol. The molecule has 1 saturated heterocycles. The summed E-state index contributed by atoms with van der Waals surface area (Å²) in [6.07, 6.45) is 2.05. The van der Waals surface area contributed by atoms with Crippen molar-refractivity contribution in [3.63, 3.8) is 0 Å². The number of benzene rings is 1. The fourth-order valence-corrected chi connectivity index (χ4v) is 5.82. The first kappa shape index (κ1) is 21.9. The predicted molar refractivity (Wildman–Crippen MR) is 118 cm³/mol. The van der Waals surface area contributed by atoms with Crippen molar-refractivity contribution in [1.82, 2.24) is 18.8 Å². The van der Waals surface area contributed by atoms with Gasteiger partial charge in [0.1, 0.15) is 11.9 Å². The highest BCUT2D eigenvalue weighted by Crippen LogP contribution is 2.34. The summed E-state index contributed by atoms with van der Waals surface area (Å²) in [5.74, 6) is -1.13. The van der Waals surface area contributed by atoms with E-state index in [-0.39, 0.29) is 17.1 Å². The van der Waals surface area contributed by atoms with Gasteiger partial charge in [-0.15, -0.1) is 11.3 Å². The highest BCUT2D eigenvalue weighted by atomic mass is 35.5. The smallest absolute Gasteiger partial charge is 0.280 e. The highest BCUT2D eigenvalue weighted by Gasteiger charge is 2.41. The summed E-state index contributed by atoms with van der Waals surface area (Å²) in [5.41, 5.74) is 1.94. The van der Waals surface area contributed by atoms with E-state index in [0.29, 0.717) is 0 Å². The number of carbonyl (C=O) groups is 1. The lowest BCUT2D eigenvalue weighted by atomic mass is 10.0. The summed E-state index contributed by atoms with van der Waals surface area (Å²) >= 11 is 7.16. The Labute approximate surface area is 187 Å². The maximum Gasteiger partial charge on any atom is 0.280 e. The topological polar surface area (TPSA) is 96.3 Å². The third kappa shape index (κ3) is 4.51. The first-order valence-corrected chi connectivity index (χ1v) is 11.9. The van der Waals surface area contributed by atoms with Crippen LogP contribution in [0, 0.1) is 5.82 Å². The average Bonchev–Trinajstić information content (AvgIpc) is 3.35. The van der Waals surface area contributed by atoms with E-state index < -0.39 is 34.0 Å². The molecule has 1 aromatic carbocycles. The molecule has 0 radical (unpaired) electrons. The molecule has 0 bridgehead atoms. The number of halogens is 2. The maximum absolute atomic E-state index is 13.4. The summed E-state index contributed by atoms with van der Waals surface area (Å²) in [4.78, 5) is 13.7. The lowest BCUT2D eigenvalue weighted by Gasteiger charge is -2.35. The quantitative estimate of drug-likeness (QED) is 0.595. The zero-order chi connectivity index (χ0) is 22.3. The number of amides is 1. The zero-order valence-electron chi connectivity index (χ0n) is 16.5. The number of nitrogens with one attached hydrogen (secondary N) is 2. The van der Waals surface area contributed by atoms with Crippen molar-refractivity contribution in [2.24, 2.45) is 7.05 Å². The average molecular weight is 484 g/mol. The minimum absolute atomic E-state index is 0.136. The van der Waals surface area contributed by atoms with Gasteiger partial charge in [-0.2, -0.15) is 22.5 Å². The number of nitrogens with zero attached hydrogens (tertiary/aromatic N) is 3. The second-order valence-electron chi connectivity index (χ2n) is 7.17. The largest absolute Gasteiger partial charge is 0.325 e. The Balaban J connectivity index is 1.57. The summed E-state index contributed by atoms with van der Waals surface area (Å²) in [6.45, 7) is 0. The Hall–Kier alpha value is -2.31. The van der Waals surface area contributed by atoms with Gasteiger partial charge < -0.3 is 5.32 Å². The second-order valence-corrected chi connectivity index (χ2v) is 10.3. The van der Waals surface area contributed by atoms with E-state index in [4.69, 9.17) is 11.6 Å². The summed E-state index contributed by atoms with van der Waals surface area (Å²) in [6, 6.07) is 5.99. The molecule has 1 aliphatic heterocycles. The van der Waals surface area contributed by atoms with Crippen LogP contribution in [0.15, 0.2) is 41.9 Å².